The fourth-order valence-electron chi connectivity index (χ4n) is 4.10. The smallest absolute Gasteiger partial charge is 0.335 e. The molecule has 3 atom stereocenters. The molecule has 5 heteroatoms. The van der Waals surface area contributed by atoms with Crippen molar-refractivity contribution in [3.05, 3.63) is 65.2 Å². The molecular formula is C21H21NO4. The summed E-state index contributed by atoms with van der Waals surface area (Å²) >= 11 is 0. The monoisotopic (exact) mass is 351 g/mol. The van der Waals surface area contributed by atoms with E-state index in [9.17, 15) is 9.90 Å². The Balaban J connectivity index is 1.75. The van der Waals surface area contributed by atoms with Crippen molar-refractivity contribution in [1.29, 1.82) is 0 Å². The van der Waals surface area contributed by atoms with E-state index in [4.69, 9.17) is 9.47 Å². The van der Waals surface area contributed by atoms with Crippen molar-refractivity contribution in [1.82, 2.24) is 0 Å². The van der Waals surface area contributed by atoms with Crippen molar-refractivity contribution in [3.63, 3.8) is 0 Å². The first-order valence-corrected chi connectivity index (χ1v) is 8.64. The van der Waals surface area contributed by atoms with Crippen LogP contribution in [-0.2, 0) is 0 Å². The van der Waals surface area contributed by atoms with Crippen LogP contribution in [0.5, 0.6) is 11.5 Å². The van der Waals surface area contributed by atoms with Gasteiger partial charge in [0, 0.05) is 11.6 Å². The molecule has 0 fully saturated rings. The minimum Gasteiger partial charge on any atom is -0.493 e. The minimum absolute atomic E-state index is 0.123. The molecule has 0 saturated carbocycles. The molecule has 0 spiro atoms. The van der Waals surface area contributed by atoms with Crippen LogP contribution in [-0.4, -0.2) is 25.3 Å². The second-order valence-electron chi connectivity index (χ2n) is 6.70. The lowest BCUT2D eigenvalue weighted by Gasteiger charge is -2.37. The quantitative estimate of drug-likeness (QED) is 0.807. The summed E-state index contributed by atoms with van der Waals surface area (Å²) in [6.07, 6.45) is 5.34. The molecule has 2 aromatic rings. The van der Waals surface area contributed by atoms with Gasteiger partial charge in [0.05, 0.1) is 25.8 Å². The standard InChI is InChI=1S/C21H21NO4/c1-25-18-9-7-12(11-19(18)26-2)20-15-5-3-4-14(15)16-10-13(21(23)24)6-8-17(16)22-20/h3-4,6-11,14-15,20,22H,5H2,1-2H3,(H,23,24)/t14-,15-,20+/m1/s1. The number of methoxy groups -OCH3 is 2. The maximum Gasteiger partial charge on any atom is 0.335 e. The fourth-order valence-corrected chi connectivity index (χ4v) is 4.10. The van der Waals surface area contributed by atoms with E-state index in [1.807, 2.05) is 18.2 Å². The van der Waals surface area contributed by atoms with Crippen LogP contribution in [0.25, 0.3) is 0 Å². The molecule has 2 aromatic carbocycles. The highest BCUT2D eigenvalue weighted by molar-refractivity contribution is 5.89. The zero-order valence-electron chi connectivity index (χ0n) is 14.7. The van der Waals surface area contributed by atoms with Gasteiger partial charge in [-0.2, -0.15) is 0 Å². The third-order valence-corrected chi connectivity index (χ3v) is 5.38. The fraction of sp³-hybridized carbons (Fsp3) is 0.286. The average molecular weight is 351 g/mol. The van der Waals surface area contributed by atoms with E-state index in [2.05, 4.69) is 23.5 Å². The number of hydrogen-bond donors (Lipinski definition) is 2. The number of benzene rings is 2. The Hall–Kier alpha value is -2.95. The Bertz CT molecular complexity index is 890. The average Bonchev–Trinajstić information content (AvgIpc) is 3.16. The molecule has 5 nitrogen and oxygen atoms in total. The topological polar surface area (TPSA) is 67.8 Å². The van der Waals surface area contributed by atoms with Crippen molar-refractivity contribution in [2.24, 2.45) is 5.92 Å². The van der Waals surface area contributed by atoms with Crippen LogP contribution in [0.15, 0.2) is 48.6 Å². The van der Waals surface area contributed by atoms with Gasteiger partial charge < -0.3 is 19.9 Å². The first kappa shape index (κ1) is 16.5. The van der Waals surface area contributed by atoms with Gasteiger partial charge in [0.25, 0.3) is 0 Å². The molecule has 1 heterocycles. The largest absolute Gasteiger partial charge is 0.493 e. The number of rotatable bonds is 4. The van der Waals surface area contributed by atoms with E-state index in [0.717, 1.165) is 23.2 Å². The number of aromatic carboxylic acids is 1. The molecule has 1 aliphatic carbocycles. The lowest BCUT2D eigenvalue weighted by Crippen LogP contribution is -2.29. The summed E-state index contributed by atoms with van der Waals surface area (Å²) in [4.78, 5) is 11.3. The number of fused-ring (bicyclic) bond motifs is 3. The van der Waals surface area contributed by atoms with Crippen molar-refractivity contribution >= 4 is 11.7 Å². The normalized spacial score (nSPS) is 22.9. The number of carboxylic acid groups (broad SMARTS) is 1. The van der Waals surface area contributed by atoms with Crippen molar-refractivity contribution in [2.45, 2.75) is 18.4 Å². The van der Waals surface area contributed by atoms with Gasteiger partial charge in [-0.3, -0.25) is 0 Å². The van der Waals surface area contributed by atoms with Crippen LogP contribution >= 0.6 is 0 Å². The molecular weight excluding hydrogens is 330 g/mol. The predicted molar refractivity (Wildman–Crippen MR) is 99.3 cm³/mol. The van der Waals surface area contributed by atoms with E-state index in [-0.39, 0.29) is 12.0 Å². The zero-order valence-corrected chi connectivity index (χ0v) is 14.7. The Labute approximate surface area is 152 Å². The highest BCUT2D eigenvalue weighted by atomic mass is 16.5. The van der Waals surface area contributed by atoms with Gasteiger partial charge in [0.1, 0.15) is 0 Å². The number of nitrogens with one attached hydrogen (secondary N) is 1. The van der Waals surface area contributed by atoms with Gasteiger partial charge in [0.2, 0.25) is 0 Å². The molecule has 134 valence electrons. The predicted octanol–water partition coefficient (Wildman–Crippen LogP) is 4.23. The van der Waals surface area contributed by atoms with E-state index in [1.54, 1.807) is 26.4 Å². The van der Waals surface area contributed by atoms with Gasteiger partial charge in [-0.05, 0) is 53.8 Å². The van der Waals surface area contributed by atoms with E-state index >= 15 is 0 Å². The van der Waals surface area contributed by atoms with Crippen LogP contribution in [0, 0.1) is 5.92 Å². The van der Waals surface area contributed by atoms with E-state index in [0.29, 0.717) is 23.0 Å². The molecule has 4 rings (SSSR count). The van der Waals surface area contributed by atoms with E-state index in [1.165, 1.54) is 0 Å². The summed E-state index contributed by atoms with van der Waals surface area (Å²) in [7, 11) is 3.27. The SMILES string of the molecule is COc1ccc([C@@H]2Nc3ccc(C(=O)O)cc3[C@@H]3C=CC[C@H]32)cc1OC. The first-order valence-electron chi connectivity index (χ1n) is 8.64. The first-order chi connectivity index (χ1) is 12.6. The van der Waals surface area contributed by atoms with Crippen molar-refractivity contribution < 1.29 is 19.4 Å². The van der Waals surface area contributed by atoms with Gasteiger partial charge in [-0.25, -0.2) is 4.79 Å². The Kier molecular flexibility index (Phi) is 4.07. The van der Waals surface area contributed by atoms with Crippen LogP contribution in [0.1, 0.15) is 39.9 Å². The Morgan fingerprint density at radius 3 is 2.65 bits per heavy atom. The van der Waals surface area contributed by atoms with Crippen LogP contribution in [0.3, 0.4) is 0 Å². The van der Waals surface area contributed by atoms with Crippen LogP contribution < -0.4 is 14.8 Å². The number of anilines is 1. The summed E-state index contributed by atoms with van der Waals surface area (Å²) in [6, 6.07) is 11.4. The van der Waals surface area contributed by atoms with Crippen molar-refractivity contribution in [2.75, 3.05) is 19.5 Å². The highest BCUT2D eigenvalue weighted by Gasteiger charge is 2.38. The van der Waals surface area contributed by atoms with Crippen molar-refractivity contribution in [3.8, 4) is 11.5 Å². The molecule has 2 N–H and O–H groups in total. The van der Waals surface area contributed by atoms with Gasteiger partial charge in [-0.15, -0.1) is 0 Å². The number of allylic oxidation sites excluding steroid dienone is 2. The molecule has 0 aromatic heterocycles. The molecule has 0 saturated heterocycles. The van der Waals surface area contributed by atoms with Crippen LogP contribution in [0.2, 0.25) is 0 Å². The molecule has 0 unspecified atom stereocenters. The zero-order chi connectivity index (χ0) is 18.3. The Morgan fingerprint density at radius 1 is 1.12 bits per heavy atom. The second kappa shape index (κ2) is 6.41. The highest BCUT2D eigenvalue weighted by Crippen LogP contribution is 2.50. The number of carbonyl (C=O) groups is 1. The lowest BCUT2D eigenvalue weighted by atomic mass is 9.76. The molecule has 0 bridgehead atoms. The van der Waals surface area contributed by atoms with Gasteiger partial charge >= 0.3 is 5.97 Å². The van der Waals surface area contributed by atoms with Crippen LogP contribution in [0.4, 0.5) is 5.69 Å². The molecule has 26 heavy (non-hydrogen) atoms. The molecule has 0 radical (unpaired) electrons. The summed E-state index contributed by atoms with van der Waals surface area (Å²) in [5.74, 6) is 1.07. The van der Waals surface area contributed by atoms with E-state index < -0.39 is 5.97 Å². The number of ether oxygens (including phenoxy) is 2. The summed E-state index contributed by atoms with van der Waals surface area (Å²) in [5, 5.41) is 12.9. The third-order valence-electron chi connectivity index (χ3n) is 5.38. The van der Waals surface area contributed by atoms with Gasteiger partial charge in [0.15, 0.2) is 11.5 Å². The maximum absolute atomic E-state index is 11.3. The summed E-state index contributed by atoms with van der Waals surface area (Å²) in [6.45, 7) is 0. The van der Waals surface area contributed by atoms with Gasteiger partial charge in [-0.1, -0.05) is 18.2 Å². The Morgan fingerprint density at radius 2 is 1.92 bits per heavy atom. The summed E-state index contributed by atoms with van der Waals surface area (Å²) < 4.78 is 10.8. The maximum atomic E-state index is 11.3. The molecule has 1 aliphatic heterocycles. The molecule has 2 aliphatic rings. The third kappa shape index (κ3) is 2.60. The number of carboxylic acids is 1. The molecule has 0 amide bonds. The summed E-state index contributed by atoms with van der Waals surface area (Å²) in [5.41, 5.74) is 3.51. The second-order valence-corrected chi connectivity index (χ2v) is 6.70. The lowest BCUT2D eigenvalue weighted by molar-refractivity contribution is 0.0696. The number of hydrogen-bond acceptors (Lipinski definition) is 4. The minimum atomic E-state index is -0.895.